The highest BCUT2D eigenvalue weighted by molar-refractivity contribution is 7.45. The quantitative estimate of drug-likeness (QED) is 0.0198. The molecule has 2 atom stereocenters. The lowest BCUT2D eigenvalue weighted by Crippen LogP contribution is -2.37. The van der Waals surface area contributed by atoms with Gasteiger partial charge in [0.05, 0.1) is 27.7 Å². The van der Waals surface area contributed by atoms with Crippen LogP contribution in [0.15, 0.2) is 12.2 Å². The minimum absolute atomic E-state index is 0.0304. The molecule has 0 aliphatic carbocycles. The van der Waals surface area contributed by atoms with Gasteiger partial charge in [0.1, 0.15) is 19.8 Å². The van der Waals surface area contributed by atoms with Gasteiger partial charge in [-0.25, -0.2) is 0 Å². The molecule has 0 radical (unpaired) electrons. The van der Waals surface area contributed by atoms with Gasteiger partial charge in [-0.1, -0.05) is 167 Å². The van der Waals surface area contributed by atoms with E-state index in [2.05, 4.69) is 26.0 Å². The third-order valence-electron chi connectivity index (χ3n) is 9.79. The molecular formula is C44H86NO8P. The van der Waals surface area contributed by atoms with Crippen molar-refractivity contribution in [3.8, 4) is 0 Å². The minimum atomic E-state index is -4.62. The van der Waals surface area contributed by atoms with E-state index in [9.17, 15) is 19.0 Å². The molecule has 0 aliphatic heterocycles. The number of ether oxygens (including phenoxy) is 2. The molecule has 0 bridgehead atoms. The Kier molecular flexibility index (Phi) is 36.5. The van der Waals surface area contributed by atoms with Gasteiger partial charge in [0.2, 0.25) is 0 Å². The summed E-state index contributed by atoms with van der Waals surface area (Å²) < 4.78 is 33.9. The smallest absolute Gasteiger partial charge is 0.306 e. The number of phosphoric ester groups is 1. The van der Waals surface area contributed by atoms with E-state index in [1.807, 2.05) is 21.1 Å². The number of quaternary nitrogens is 1. The van der Waals surface area contributed by atoms with Crippen LogP contribution in [-0.2, 0) is 32.7 Å². The Morgan fingerprint density at radius 1 is 0.556 bits per heavy atom. The maximum atomic E-state index is 12.7. The van der Waals surface area contributed by atoms with Crippen molar-refractivity contribution in [3.63, 3.8) is 0 Å². The number of phosphoric acid groups is 1. The predicted octanol–water partition coefficient (Wildman–Crippen LogP) is 11.9. The number of unbranched alkanes of at least 4 members (excludes halogenated alkanes) is 25. The van der Waals surface area contributed by atoms with Gasteiger partial charge in [-0.05, 0) is 38.5 Å². The van der Waals surface area contributed by atoms with Crippen LogP contribution in [0.4, 0.5) is 0 Å². The van der Waals surface area contributed by atoms with Crippen LogP contribution in [0, 0.1) is 0 Å². The van der Waals surface area contributed by atoms with E-state index in [1.165, 1.54) is 128 Å². The van der Waals surface area contributed by atoms with E-state index in [-0.39, 0.29) is 32.0 Å². The Bertz CT molecular complexity index is 938. The summed E-state index contributed by atoms with van der Waals surface area (Å²) in [6, 6.07) is 0. The molecule has 0 aromatic heterocycles. The van der Waals surface area contributed by atoms with Gasteiger partial charge >= 0.3 is 11.9 Å². The standard InChI is InChI=1S/C44H86NO8P/c1-6-8-10-12-14-16-18-20-22-24-26-28-30-32-34-36-43(46)50-40-42(41-52-54(48,49)51-39-38-45(3,4)5)53-44(47)37-35-33-31-29-27-25-23-21-19-17-15-13-11-9-7-2/h25,27,42H,6-24,26,28-41H2,1-5H3/b27-25+/t42-/m1/s1. The Morgan fingerprint density at radius 2 is 0.944 bits per heavy atom. The first-order valence-electron chi connectivity index (χ1n) is 22.4. The number of carbonyl (C=O) groups excluding carboxylic acids is 2. The zero-order chi connectivity index (χ0) is 40.0. The van der Waals surface area contributed by atoms with Crippen LogP contribution in [0.2, 0.25) is 0 Å². The number of likely N-dealkylation sites (N-methyl/N-ethyl adjacent to an activating group) is 1. The van der Waals surface area contributed by atoms with Crippen LogP contribution in [0.5, 0.6) is 0 Å². The van der Waals surface area contributed by atoms with E-state index in [0.717, 1.165) is 44.9 Å². The summed E-state index contributed by atoms with van der Waals surface area (Å²) in [7, 11) is 1.17. The van der Waals surface area contributed by atoms with E-state index in [0.29, 0.717) is 17.4 Å². The Balaban J connectivity index is 4.35. The second-order valence-corrected chi connectivity index (χ2v) is 17.8. The first-order valence-corrected chi connectivity index (χ1v) is 23.9. The maximum absolute atomic E-state index is 12.7. The summed E-state index contributed by atoms with van der Waals surface area (Å²) >= 11 is 0. The summed E-state index contributed by atoms with van der Waals surface area (Å²) in [4.78, 5) is 37.5. The zero-order valence-corrected chi connectivity index (χ0v) is 36.8. The summed E-state index contributed by atoms with van der Waals surface area (Å²) in [5, 5.41) is 0. The maximum Gasteiger partial charge on any atom is 0.306 e. The molecule has 0 spiro atoms. The van der Waals surface area contributed by atoms with E-state index in [4.69, 9.17) is 18.5 Å². The second kappa shape index (κ2) is 37.3. The fourth-order valence-corrected chi connectivity index (χ4v) is 6.97. The normalized spacial score (nSPS) is 13.7. The predicted molar refractivity (Wildman–Crippen MR) is 222 cm³/mol. The first-order chi connectivity index (χ1) is 26.0. The van der Waals surface area contributed by atoms with Crippen LogP contribution in [0.1, 0.15) is 206 Å². The molecule has 320 valence electrons. The van der Waals surface area contributed by atoms with Crippen molar-refractivity contribution in [2.24, 2.45) is 0 Å². The number of rotatable bonds is 41. The Labute approximate surface area is 333 Å². The Hall–Kier alpha value is -1.25. The molecule has 0 saturated heterocycles. The van der Waals surface area contributed by atoms with Crippen molar-refractivity contribution in [2.45, 2.75) is 213 Å². The molecule has 54 heavy (non-hydrogen) atoms. The number of hydrogen-bond acceptors (Lipinski definition) is 8. The van der Waals surface area contributed by atoms with Gasteiger partial charge < -0.3 is 27.9 Å². The lowest BCUT2D eigenvalue weighted by molar-refractivity contribution is -0.870. The molecule has 0 amide bonds. The van der Waals surface area contributed by atoms with Crippen molar-refractivity contribution in [2.75, 3.05) is 47.5 Å². The lowest BCUT2D eigenvalue weighted by atomic mass is 10.0. The number of allylic oxidation sites excluding steroid dienone is 2. The third kappa shape index (κ3) is 40.4. The van der Waals surface area contributed by atoms with Crippen molar-refractivity contribution in [1.82, 2.24) is 0 Å². The highest BCUT2D eigenvalue weighted by Gasteiger charge is 2.21. The second-order valence-electron chi connectivity index (χ2n) is 16.4. The number of esters is 2. The van der Waals surface area contributed by atoms with Crippen LogP contribution in [0.25, 0.3) is 0 Å². The topological polar surface area (TPSA) is 111 Å². The minimum Gasteiger partial charge on any atom is -0.756 e. The van der Waals surface area contributed by atoms with Crippen LogP contribution < -0.4 is 4.89 Å². The average Bonchev–Trinajstić information content (AvgIpc) is 3.12. The Morgan fingerprint density at radius 3 is 1.39 bits per heavy atom. The van der Waals surface area contributed by atoms with Gasteiger partial charge in [-0.15, -0.1) is 0 Å². The van der Waals surface area contributed by atoms with Crippen molar-refractivity contribution >= 4 is 19.8 Å². The summed E-state index contributed by atoms with van der Waals surface area (Å²) in [5.41, 5.74) is 0. The highest BCUT2D eigenvalue weighted by Crippen LogP contribution is 2.38. The number of nitrogens with zero attached hydrogens (tertiary/aromatic N) is 1. The molecule has 10 heteroatoms. The molecule has 0 aromatic carbocycles. The van der Waals surface area contributed by atoms with Gasteiger partial charge in [-0.2, -0.15) is 0 Å². The molecule has 0 rings (SSSR count). The zero-order valence-electron chi connectivity index (χ0n) is 35.9. The SMILES string of the molecule is CCCCCCCCCC/C=C/CCCCCC(=O)O[C@H](COC(=O)CCCCCCCCCCCCCCCCC)COP(=O)([O-])OCC[N+](C)(C)C. The fourth-order valence-electron chi connectivity index (χ4n) is 6.24. The molecule has 0 aliphatic rings. The monoisotopic (exact) mass is 788 g/mol. The van der Waals surface area contributed by atoms with Crippen LogP contribution >= 0.6 is 7.82 Å². The third-order valence-corrected chi connectivity index (χ3v) is 10.7. The molecular weight excluding hydrogens is 701 g/mol. The number of carbonyl (C=O) groups is 2. The lowest BCUT2D eigenvalue weighted by Gasteiger charge is -2.28. The van der Waals surface area contributed by atoms with Gasteiger partial charge in [0.15, 0.2) is 6.10 Å². The molecule has 0 N–H and O–H groups in total. The first kappa shape index (κ1) is 52.8. The van der Waals surface area contributed by atoms with Crippen LogP contribution in [-0.4, -0.2) is 70.0 Å². The van der Waals surface area contributed by atoms with Crippen molar-refractivity contribution in [3.05, 3.63) is 12.2 Å². The molecule has 1 unspecified atom stereocenters. The summed E-state index contributed by atoms with van der Waals surface area (Å²) in [6.07, 6.45) is 38.0. The van der Waals surface area contributed by atoms with Gasteiger partial charge in [0.25, 0.3) is 7.82 Å². The molecule has 9 nitrogen and oxygen atoms in total. The van der Waals surface area contributed by atoms with Crippen LogP contribution in [0.3, 0.4) is 0 Å². The molecule has 0 fully saturated rings. The van der Waals surface area contributed by atoms with E-state index >= 15 is 0 Å². The van der Waals surface area contributed by atoms with E-state index in [1.54, 1.807) is 0 Å². The van der Waals surface area contributed by atoms with E-state index < -0.39 is 26.5 Å². The van der Waals surface area contributed by atoms with Gasteiger partial charge in [-0.3, -0.25) is 14.2 Å². The van der Waals surface area contributed by atoms with Crippen molar-refractivity contribution in [1.29, 1.82) is 0 Å². The molecule has 0 heterocycles. The average molecular weight is 788 g/mol. The molecule has 0 saturated carbocycles. The van der Waals surface area contributed by atoms with Gasteiger partial charge in [0, 0.05) is 12.8 Å². The summed E-state index contributed by atoms with van der Waals surface area (Å²) in [5.74, 6) is -0.843. The number of hydrogen-bond donors (Lipinski definition) is 0. The summed E-state index contributed by atoms with van der Waals surface area (Å²) in [6.45, 7) is 4.23. The van der Waals surface area contributed by atoms with Crippen molar-refractivity contribution < 1.29 is 42.1 Å². The highest BCUT2D eigenvalue weighted by atomic mass is 31.2. The fraction of sp³-hybridized carbons (Fsp3) is 0.909. The molecule has 0 aromatic rings. The largest absolute Gasteiger partial charge is 0.756 e.